The molecule has 1 saturated heterocycles. The van der Waals surface area contributed by atoms with Gasteiger partial charge in [0.25, 0.3) is 10.0 Å². The van der Waals surface area contributed by atoms with Gasteiger partial charge in [-0.25, -0.2) is 17.5 Å². The molecule has 10 nitrogen and oxygen atoms in total. The number of hydrogen-bond donors (Lipinski definition) is 1. The quantitative estimate of drug-likeness (QED) is 0.325. The highest BCUT2D eigenvalue weighted by atomic mass is 32.2. The molecule has 42 heavy (non-hydrogen) atoms. The zero-order valence-corrected chi connectivity index (χ0v) is 24.0. The van der Waals surface area contributed by atoms with Crippen LogP contribution >= 0.6 is 0 Å². The molecule has 2 aromatic heterocycles. The monoisotopic (exact) mass is 585 g/mol. The fraction of sp³-hybridized carbons (Fsp3) is 0.267. The molecule has 214 valence electrons. The maximum absolute atomic E-state index is 13.7. The van der Waals surface area contributed by atoms with Gasteiger partial charge in [0.05, 0.1) is 29.5 Å². The third-order valence-electron chi connectivity index (χ3n) is 8.59. The molecule has 1 N–H and O–H groups in total. The van der Waals surface area contributed by atoms with E-state index in [-0.39, 0.29) is 35.8 Å². The molecule has 1 amide bonds. The van der Waals surface area contributed by atoms with E-state index < -0.39 is 21.4 Å². The van der Waals surface area contributed by atoms with Crippen molar-refractivity contribution in [2.75, 3.05) is 18.4 Å². The molecule has 0 spiro atoms. The van der Waals surface area contributed by atoms with Crippen molar-refractivity contribution in [3.05, 3.63) is 95.6 Å². The molecule has 3 atom stereocenters. The number of carbonyl (C=O) groups excluding carboxylic acids is 1. The Balaban J connectivity index is 1.29. The maximum atomic E-state index is 13.7. The Morgan fingerprint density at radius 2 is 1.83 bits per heavy atom. The summed E-state index contributed by atoms with van der Waals surface area (Å²) < 4.78 is 43.8. The minimum Gasteiger partial charge on any atom is -0.326 e. The van der Waals surface area contributed by atoms with E-state index in [9.17, 15) is 17.6 Å². The zero-order valence-electron chi connectivity index (χ0n) is 23.2. The van der Waals surface area contributed by atoms with Gasteiger partial charge in [-0.15, -0.1) is 5.10 Å². The number of nitrogens with zero attached hydrogens (tertiary/aromatic N) is 6. The smallest absolute Gasteiger partial charge is 0.264 e. The number of aryl methyl sites for hydroxylation is 3. The minimum atomic E-state index is -3.91. The van der Waals surface area contributed by atoms with Gasteiger partial charge < -0.3 is 5.32 Å². The first-order valence-corrected chi connectivity index (χ1v) is 15.0. The van der Waals surface area contributed by atoms with Gasteiger partial charge in [-0.2, -0.15) is 19.3 Å². The first kappa shape index (κ1) is 26.5. The van der Waals surface area contributed by atoms with Gasteiger partial charge in [0, 0.05) is 36.6 Å². The van der Waals surface area contributed by atoms with E-state index in [1.807, 2.05) is 50.2 Å². The average molecular weight is 586 g/mol. The first-order chi connectivity index (χ1) is 20.1. The predicted molar refractivity (Wildman–Crippen MR) is 154 cm³/mol. The van der Waals surface area contributed by atoms with Crippen LogP contribution in [-0.4, -0.2) is 56.5 Å². The molecule has 3 unspecified atom stereocenters. The summed E-state index contributed by atoms with van der Waals surface area (Å²) in [6, 6.07) is 17.7. The minimum absolute atomic E-state index is 0.116. The SMILES string of the molecule is Cc1cccc(NC(=O)C2C3CN(S(=O)(=O)c4cnn(C)n4)CC32c2cc3cnn(-c4ccc(F)cc4)c3cc2C)c1. The van der Waals surface area contributed by atoms with Crippen molar-refractivity contribution in [3.63, 3.8) is 0 Å². The van der Waals surface area contributed by atoms with Crippen LogP contribution in [0.2, 0.25) is 0 Å². The summed E-state index contributed by atoms with van der Waals surface area (Å²) >= 11 is 0. The van der Waals surface area contributed by atoms with Crippen molar-refractivity contribution < 1.29 is 17.6 Å². The highest BCUT2D eigenvalue weighted by Crippen LogP contribution is 2.65. The molecule has 7 rings (SSSR count). The number of aromatic nitrogens is 5. The standard InChI is InChI=1S/C30H28FN7O3S/c1-18-5-4-6-22(11-18)34-29(39)28-25-16-37(42(40,41)27-15-32-36(3)35-27)17-30(25,28)24-13-20-14-33-38(26(20)12-19(24)2)23-9-7-21(31)8-10-23/h4-15,25,28H,16-17H2,1-3H3,(H,34,39). The molecule has 5 aromatic rings. The molecule has 0 radical (unpaired) electrons. The Bertz CT molecular complexity index is 1990. The van der Waals surface area contributed by atoms with E-state index in [0.29, 0.717) is 5.69 Å². The second-order valence-electron chi connectivity index (χ2n) is 11.2. The lowest BCUT2D eigenvalue weighted by Gasteiger charge is -2.24. The highest BCUT2D eigenvalue weighted by Gasteiger charge is 2.74. The number of hydrogen-bond acceptors (Lipinski definition) is 6. The normalized spacial score (nSPS) is 21.9. The zero-order chi connectivity index (χ0) is 29.4. The van der Waals surface area contributed by atoms with E-state index in [1.54, 1.807) is 30.1 Å². The summed E-state index contributed by atoms with van der Waals surface area (Å²) in [5.41, 5.74) is 4.40. The van der Waals surface area contributed by atoms with Gasteiger partial charge in [0.2, 0.25) is 10.9 Å². The van der Waals surface area contributed by atoms with E-state index in [2.05, 4.69) is 20.6 Å². The van der Waals surface area contributed by atoms with Crippen LogP contribution in [0.15, 0.2) is 78.1 Å². The van der Waals surface area contributed by atoms with Crippen LogP contribution < -0.4 is 5.32 Å². The molecule has 1 saturated carbocycles. The van der Waals surface area contributed by atoms with Crippen molar-refractivity contribution in [2.24, 2.45) is 18.9 Å². The number of piperidine rings is 1. The number of sulfonamides is 1. The second kappa shape index (κ2) is 9.30. The van der Waals surface area contributed by atoms with Crippen LogP contribution in [0.5, 0.6) is 0 Å². The number of benzene rings is 3. The van der Waals surface area contributed by atoms with E-state index in [0.717, 1.165) is 33.3 Å². The number of halogens is 1. The number of nitrogens with one attached hydrogen (secondary N) is 1. The summed E-state index contributed by atoms with van der Waals surface area (Å²) in [6.45, 7) is 4.26. The lowest BCUT2D eigenvalue weighted by atomic mass is 9.88. The molecular weight excluding hydrogens is 557 g/mol. The molecule has 12 heteroatoms. The van der Waals surface area contributed by atoms with Crippen LogP contribution in [0.3, 0.4) is 0 Å². The Hall–Kier alpha value is -4.42. The molecule has 3 heterocycles. The van der Waals surface area contributed by atoms with Crippen molar-refractivity contribution >= 4 is 32.5 Å². The van der Waals surface area contributed by atoms with Crippen LogP contribution in [-0.2, 0) is 27.3 Å². The number of fused-ring (bicyclic) bond motifs is 2. The Labute approximate surface area is 241 Å². The first-order valence-electron chi connectivity index (χ1n) is 13.6. The van der Waals surface area contributed by atoms with Gasteiger partial charge in [0.15, 0.2) is 0 Å². The topological polar surface area (TPSA) is 115 Å². The molecule has 2 aliphatic rings. The molecule has 2 fully saturated rings. The number of carbonyl (C=O) groups is 1. The van der Waals surface area contributed by atoms with Crippen molar-refractivity contribution in [1.82, 2.24) is 29.1 Å². The highest BCUT2D eigenvalue weighted by molar-refractivity contribution is 7.89. The van der Waals surface area contributed by atoms with Crippen LogP contribution in [0.25, 0.3) is 16.6 Å². The fourth-order valence-electron chi connectivity index (χ4n) is 6.62. The van der Waals surface area contributed by atoms with E-state index >= 15 is 0 Å². The third kappa shape index (κ3) is 4.04. The van der Waals surface area contributed by atoms with Gasteiger partial charge in [-0.05, 0) is 85.0 Å². The van der Waals surface area contributed by atoms with Crippen molar-refractivity contribution in [2.45, 2.75) is 24.3 Å². The van der Waals surface area contributed by atoms with E-state index in [4.69, 9.17) is 0 Å². The van der Waals surface area contributed by atoms with Crippen LogP contribution in [0.1, 0.15) is 16.7 Å². The largest absolute Gasteiger partial charge is 0.326 e. The fourth-order valence-corrected chi connectivity index (χ4v) is 8.03. The lowest BCUT2D eigenvalue weighted by Crippen LogP contribution is -2.37. The summed E-state index contributed by atoms with van der Waals surface area (Å²) in [5.74, 6) is -1.11. The Morgan fingerprint density at radius 1 is 1.05 bits per heavy atom. The summed E-state index contributed by atoms with van der Waals surface area (Å²) in [4.78, 5) is 15.0. The average Bonchev–Trinajstić information content (AvgIpc) is 3.36. The van der Waals surface area contributed by atoms with Gasteiger partial charge >= 0.3 is 0 Å². The molecule has 3 aromatic carbocycles. The van der Waals surface area contributed by atoms with Gasteiger partial charge in [0.1, 0.15) is 5.82 Å². The number of rotatable bonds is 6. The molecule has 0 bridgehead atoms. The number of anilines is 1. The van der Waals surface area contributed by atoms with Gasteiger partial charge in [-0.3, -0.25) is 4.79 Å². The van der Waals surface area contributed by atoms with Crippen molar-refractivity contribution in [3.8, 4) is 5.69 Å². The maximum Gasteiger partial charge on any atom is 0.264 e. The van der Waals surface area contributed by atoms with Gasteiger partial charge in [-0.1, -0.05) is 12.1 Å². The summed E-state index contributed by atoms with van der Waals surface area (Å²) in [6.07, 6.45) is 2.98. The lowest BCUT2D eigenvalue weighted by molar-refractivity contribution is -0.118. The summed E-state index contributed by atoms with van der Waals surface area (Å²) in [7, 11) is -2.34. The van der Waals surface area contributed by atoms with Crippen LogP contribution in [0.4, 0.5) is 10.1 Å². The molecular formula is C30H28FN7O3S. The Morgan fingerprint density at radius 3 is 2.55 bits per heavy atom. The Kier molecular flexibility index (Phi) is 5.86. The second-order valence-corrected chi connectivity index (χ2v) is 13.1. The predicted octanol–water partition coefficient (Wildman–Crippen LogP) is 3.74. The third-order valence-corrected chi connectivity index (χ3v) is 10.3. The van der Waals surface area contributed by atoms with Crippen molar-refractivity contribution in [1.29, 1.82) is 0 Å². The molecule has 1 aliphatic carbocycles. The van der Waals surface area contributed by atoms with Crippen LogP contribution in [0, 0.1) is 31.5 Å². The van der Waals surface area contributed by atoms with E-state index in [1.165, 1.54) is 27.4 Å². The molecule has 1 aliphatic heterocycles. The summed E-state index contributed by atoms with van der Waals surface area (Å²) in [5, 5.41) is 16.3. The number of amides is 1.